The van der Waals surface area contributed by atoms with Crippen molar-refractivity contribution < 1.29 is 18.6 Å². The van der Waals surface area contributed by atoms with Crippen LogP contribution in [0.25, 0.3) is 10.9 Å². The summed E-state index contributed by atoms with van der Waals surface area (Å²) in [6.07, 6.45) is 0.848. The predicted molar refractivity (Wildman–Crippen MR) is 135 cm³/mol. The molecule has 0 unspecified atom stereocenters. The Morgan fingerprint density at radius 2 is 2.00 bits per heavy atom. The average molecular weight is 473 g/mol. The molecule has 0 saturated carbocycles. The summed E-state index contributed by atoms with van der Waals surface area (Å²) in [5, 5.41) is 4.46. The number of methoxy groups -OCH3 is 1. The molecule has 0 amide bonds. The van der Waals surface area contributed by atoms with Gasteiger partial charge in [-0.2, -0.15) is 10.6 Å². The van der Waals surface area contributed by atoms with E-state index in [0.717, 1.165) is 46.7 Å². The van der Waals surface area contributed by atoms with E-state index >= 15 is 0 Å². The minimum absolute atomic E-state index is 0.270. The Kier molecular flexibility index (Phi) is 7.56. The fraction of sp³-hybridized carbons (Fsp3) is 0.375. The highest BCUT2D eigenvalue weighted by atomic mass is 32.3. The maximum absolute atomic E-state index is 10.7. The Balaban J connectivity index is 1.69. The molecular weight excluding hydrogens is 440 g/mol. The molecule has 0 bridgehead atoms. The Bertz CT molecular complexity index is 1100. The maximum atomic E-state index is 10.7. The van der Waals surface area contributed by atoms with E-state index in [1.807, 2.05) is 48.5 Å². The van der Waals surface area contributed by atoms with Gasteiger partial charge in [0, 0.05) is 43.9 Å². The van der Waals surface area contributed by atoms with Crippen LogP contribution in [-0.4, -0.2) is 59.8 Å². The fourth-order valence-electron chi connectivity index (χ4n) is 3.94. The predicted octanol–water partition coefficient (Wildman–Crippen LogP) is 4.15. The van der Waals surface area contributed by atoms with Gasteiger partial charge in [0.25, 0.3) is 0 Å². The first-order valence-electron chi connectivity index (χ1n) is 11.1. The second-order valence-electron chi connectivity index (χ2n) is 8.02. The van der Waals surface area contributed by atoms with E-state index in [4.69, 9.17) is 20.2 Å². The molecule has 33 heavy (non-hydrogen) atoms. The quantitative estimate of drug-likeness (QED) is 0.344. The van der Waals surface area contributed by atoms with Gasteiger partial charge in [-0.25, -0.2) is 4.98 Å². The van der Waals surface area contributed by atoms with Crippen LogP contribution in [-0.2, 0) is 11.3 Å². The molecule has 178 valence electrons. The molecule has 0 saturated heterocycles. The third kappa shape index (κ3) is 5.51. The van der Waals surface area contributed by atoms with Crippen molar-refractivity contribution in [3.63, 3.8) is 0 Å². The second-order valence-corrected chi connectivity index (χ2v) is 10.2. The van der Waals surface area contributed by atoms with Gasteiger partial charge >= 0.3 is 0 Å². The van der Waals surface area contributed by atoms with Gasteiger partial charge in [0.2, 0.25) is 0 Å². The zero-order valence-corrected chi connectivity index (χ0v) is 19.7. The normalized spacial score (nSPS) is 16.2. The Labute approximate surface area is 196 Å². The lowest BCUT2D eigenvalue weighted by Gasteiger charge is -2.32. The van der Waals surface area contributed by atoms with Crippen LogP contribution in [0.1, 0.15) is 12.0 Å². The highest BCUT2D eigenvalue weighted by Gasteiger charge is 2.26. The van der Waals surface area contributed by atoms with Crippen LogP contribution < -0.4 is 20.7 Å². The zero-order valence-electron chi connectivity index (χ0n) is 18.9. The zero-order chi connectivity index (χ0) is 23.3. The van der Waals surface area contributed by atoms with Crippen LogP contribution in [0.4, 0.5) is 11.5 Å². The largest absolute Gasteiger partial charge is 0.491 e. The SMILES string of the molecule is COCCOc1ccc2nc(N3CCS(O)(O)c4ccccc4C3)cc(NCCCN)c2c1. The number of nitrogens with two attached hydrogens (primary N) is 1. The summed E-state index contributed by atoms with van der Waals surface area (Å²) in [7, 11) is -1.18. The molecule has 1 aliphatic rings. The number of aromatic nitrogens is 1. The highest BCUT2D eigenvalue weighted by molar-refractivity contribution is 8.24. The minimum Gasteiger partial charge on any atom is -0.491 e. The minimum atomic E-state index is -2.83. The van der Waals surface area contributed by atoms with Crippen molar-refractivity contribution in [1.29, 1.82) is 0 Å². The number of nitrogens with one attached hydrogen (secondary N) is 1. The topological polar surface area (TPSA) is 113 Å². The molecule has 8 nitrogen and oxygen atoms in total. The number of benzene rings is 2. The second kappa shape index (κ2) is 10.6. The number of anilines is 2. The van der Waals surface area contributed by atoms with Crippen LogP contribution in [0.15, 0.2) is 53.4 Å². The lowest BCUT2D eigenvalue weighted by atomic mass is 10.1. The molecule has 0 spiro atoms. The first kappa shape index (κ1) is 23.6. The van der Waals surface area contributed by atoms with E-state index in [9.17, 15) is 9.11 Å². The Hall–Kier alpha value is -2.56. The van der Waals surface area contributed by atoms with E-state index in [1.54, 1.807) is 7.11 Å². The van der Waals surface area contributed by atoms with Crippen molar-refractivity contribution in [2.45, 2.75) is 17.9 Å². The number of nitrogens with zero attached hydrogens (tertiary/aromatic N) is 2. The first-order valence-corrected chi connectivity index (χ1v) is 12.8. The van der Waals surface area contributed by atoms with Gasteiger partial charge in [-0.1, -0.05) is 18.2 Å². The summed E-state index contributed by atoms with van der Waals surface area (Å²) in [6, 6.07) is 15.4. The van der Waals surface area contributed by atoms with Crippen LogP contribution in [0.2, 0.25) is 0 Å². The first-order chi connectivity index (χ1) is 16.0. The van der Waals surface area contributed by atoms with E-state index in [0.29, 0.717) is 37.7 Å². The van der Waals surface area contributed by atoms with Gasteiger partial charge in [-0.3, -0.25) is 9.11 Å². The van der Waals surface area contributed by atoms with Crippen LogP contribution in [0.5, 0.6) is 5.75 Å². The molecule has 4 rings (SSSR count). The van der Waals surface area contributed by atoms with Crippen LogP contribution in [0, 0.1) is 0 Å². The summed E-state index contributed by atoms with van der Waals surface area (Å²) in [4.78, 5) is 7.65. The van der Waals surface area contributed by atoms with Crippen molar-refractivity contribution in [2.75, 3.05) is 55.9 Å². The number of hydrogen-bond acceptors (Lipinski definition) is 8. The van der Waals surface area contributed by atoms with E-state index in [-0.39, 0.29) is 5.75 Å². The molecule has 0 aliphatic carbocycles. The number of pyridine rings is 1. The molecular formula is C24H32N4O4S. The third-order valence-electron chi connectivity index (χ3n) is 5.68. The number of hydrogen-bond donors (Lipinski definition) is 4. The lowest BCUT2D eigenvalue weighted by Crippen LogP contribution is -2.26. The van der Waals surface area contributed by atoms with Crippen molar-refractivity contribution in [2.24, 2.45) is 5.73 Å². The molecule has 0 radical (unpaired) electrons. The monoisotopic (exact) mass is 472 g/mol. The van der Waals surface area contributed by atoms with Crippen LogP contribution in [0.3, 0.4) is 0 Å². The highest BCUT2D eigenvalue weighted by Crippen LogP contribution is 2.51. The molecule has 2 heterocycles. The van der Waals surface area contributed by atoms with Crippen molar-refractivity contribution >= 4 is 33.0 Å². The maximum Gasteiger partial charge on any atom is 0.131 e. The lowest BCUT2D eigenvalue weighted by molar-refractivity contribution is 0.146. The van der Waals surface area contributed by atoms with Gasteiger partial charge < -0.3 is 25.4 Å². The summed E-state index contributed by atoms with van der Waals surface area (Å²) >= 11 is 0. The third-order valence-corrected chi connectivity index (χ3v) is 7.53. The van der Waals surface area contributed by atoms with Gasteiger partial charge in [-0.15, -0.1) is 0 Å². The summed E-state index contributed by atoms with van der Waals surface area (Å²) in [6.45, 7) is 3.40. The van der Waals surface area contributed by atoms with E-state index in [2.05, 4.69) is 10.2 Å². The molecule has 2 aromatic carbocycles. The summed E-state index contributed by atoms with van der Waals surface area (Å²) in [5.41, 5.74) is 8.40. The molecule has 0 atom stereocenters. The molecule has 1 aromatic heterocycles. The van der Waals surface area contributed by atoms with Gasteiger partial charge in [-0.05, 0) is 42.8 Å². The molecule has 0 fully saturated rings. The smallest absolute Gasteiger partial charge is 0.131 e. The summed E-state index contributed by atoms with van der Waals surface area (Å²) < 4.78 is 32.3. The van der Waals surface area contributed by atoms with Gasteiger partial charge in [0.1, 0.15) is 18.2 Å². The standard InChI is InChI=1S/C24H32N4O4S/c1-31-12-13-32-19-7-8-21-20(15-19)22(26-10-4-9-25)16-24(27-21)28-11-14-33(29,30)23-6-3-2-5-18(23)17-28/h2-3,5-8,15-16,29-30H,4,9-14,17,25H2,1H3,(H,26,27). The molecule has 3 aromatic rings. The molecule has 1 aliphatic heterocycles. The molecule has 5 N–H and O–H groups in total. The average Bonchev–Trinajstić information content (AvgIpc) is 2.95. The van der Waals surface area contributed by atoms with Crippen molar-refractivity contribution in [3.8, 4) is 5.75 Å². The summed E-state index contributed by atoms with van der Waals surface area (Å²) in [5.74, 6) is 1.82. The number of ether oxygens (including phenoxy) is 2. The number of fused-ring (bicyclic) bond motifs is 2. The van der Waals surface area contributed by atoms with Crippen molar-refractivity contribution in [1.82, 2.24) is 4.98 Å². The fourth-order valence-corrected chi connectivity index (χ4v) is 5.48. The Morgan fingerprint density at radius 3 is 2.82 bits per heavy atom. The number of rotatable bonds is 9. The van der Waals surface area contributed by atoms with E-state index < -0.39 is 10.6 Å². The Morgan fingerprint density at radius 1 is 1.15 bits per heavy atom. The van der Waals surface area contributed by atoms with Crippen LogP contribution >= 0.6 is 10.6 Å². The van der Waals surface area contributed by atoms with Crippen molar-refractivity contribution in [3.05, 3.63) is 54.1 Å². The van der Waals surface area contributed by atoms with Gasteiger partial charge in [0.15, 0.2) is 0 Å². The molecule has 9 heteroatoms. The van der Waals surface area contributed by atoms with E-state index in [1.165, 1.54) is 0 Å². The van der Waals surface area contributed by atoms with Gasteiger partial charge in [0.05, 0.1) is 22.8 Å².